The number of hydrogen-bond acceptors (Lipinski definition) is 4. The van der Waals surface area contributed by atoms with Crippen molar-refractivity contribution in [3.63, 3.8) is 0 Å². The van der Waals surface area contributed by atoms with Crippen molar-refractivity contribution in [2.24, 2.45) is 0 Å². The lowest BCUT2D eigenvalue weighted by molar-refractivity contribution is -0.138. The summed E-state index contributed by atoms with van der Waals surface area (Å²) in [7, 11) is 0. The maximum Gasteiger partial charge on any atom is 0.416 e. The van der Waals surface area contributed by atoms with E-state index in [2.05, 4.69) is 5.32 Å². The van der Waals surface area contributed by atoms with Crippen LogP contribution in [0.1, 0.15) is 41.1 Å². The highest BCUT2D eigenvalue weighted by Gasteiger charge is 2.35. The molecule has 0 saturated carbocycles. The molecule has 1 atom stereocenters. The Balaban J connectivity index is 1.89. The van der Waals surface area contributed by atoms with E-state index in [-0.39, 0.29) is 42.1 Å². The van der Waals surface area contributed by atoms with Crippen molar-refractivity contribution in [3.8, 4) is 11.1 Å². The number of aromatic nitrogens is 2. The number of carboxylic acids is 1. The molecule has 0 fully saturated rings. The zero-order chi connectivity index (χ0) is 31.3. The molecule has 0 bridgehead atoms. The minimum atomic E-state index is -4.89. The molecule has 4 aromatic rings. The number of nitrogens with zero attached hydrogens (tertiary/aromatic N) is 2. The fourth-order valence-corrected chi connectivity index (χ4v) is 5.02. The predicted molar refractivity (Wildman–Crippen MR) is 155 cm³/mol. The number of carbonyl (C=O) groups is 1. The van der Waals surface area contributed by atoms with E-state index in [1.165, 1.54) is 0 Å². The molecule has 3 aromatic carbocycles. The molecule has 0 aliphatic carbocycles. The molecule has 0 aliphatic heterocycles. The molecule has 2 N–H and O–H groups in total. The lowest BCUT2D eigenvalue weighted by Crippen LogP contribution is -2.43. The minimum Gasteiger partial charge on any atom is -0.481 e. The monoisotopic (exact) mass is 617 g/mol. The molecular formula is C31H28ClF4N3O4. The molecule has 0 unspecified atom stereocenters. The van der Waals surface area contributed by atoms with Gasteiger partial charge >= 0.3 is 17.8 Å². The van der Waals surface area contributed by atoms with Crippen LogP contribution in [0.5, 0.6) is 0 Å². The summed E-state index contributed by atoms with van der Waals surface area (Å²) in [6.45, 7) is 0.888. The van der Waals surface area contributed by atoms with E-state index in [4.69, 9.17) is 16.7 Å². The Bertz CT molecular complexity index is 1740. The van der Waals surface area contributed by atoms with Crippen LogP contribution in [-0.4, -0.2) is 26.8 Å². The number of benzene rings is 3. The molecule has 4 rings (SSSR count). The van der Waals surface area contributed by atoms with E-state index < -0.39 is 52.9 Å². The van der Waals surface area contributed by atoms with Gasteiger partial charge in [-0.2, -0.15) is 13.2 Å². The third kappa shape index (κ3) is 7.41. The number of aryl methyl sites for hydroxylation is 1. The number of rotatable bonds is 11. The zero-order valence-corrected chi connectivity index (χ0v) is 23.8. The highest BCUT2D eigenvalue weighted by atomic mass is 35.5. The Morgan fingerprint density at radius 3 is 2.37 bits per heavy atom. The predicted octanol–water partition coefficient (Wildman–Crippen LogP) is 6.04. The minimum absolute atomic E-state index is 0.0594. The topological polar surface area (TPSA) is 93.3 Å². The Labute approximate surface area is 249 Å². The van der Waals surface area contributed by atoms with Gasteiger partial charge in [-0.15, -0.1) is 0 Å². The molecule has 0 aliphatic rings. The summed E-state index contributed by atoms with van der Waals surface area (Å²) in [5.41, 5.74) is -2.19. The van der Waals surface area contributed by atoms with Gasteiger partial charge in [0.2, 0.25) is 0 Å². The first-order valence-corrected chi connectivity index (χ1v) is 13.7. The van der Waals surface area contributed by atoms with Crippen molar-refractivity contribution in [2.45, 2.75) is 45.1 Å². The molecule has 0 saturated heterocycles. The second-order valence-electron chi connectivity index (χ2n) is 9.98. The molecule has 226 valence electrons. The summed E-state index contributed by atoms with van der Waals surface area (Å²) in [6.07, 6.45) is -3.63. The first-order valence-electron chi connectivity index (χ1n) is 13.3. The van der Waals surface area contributed by atoms with Crippen LogP contribution in [0.25, 0.3) is 11.1 Å². The van der Waals surface area contributed by atoms with Crippen LogP contribution in [0.4, 0.5) is 17.6 Å². The first kappa shape index (κ1) is 31.7. The van der Waals surface area contributed by atoms with Crippen LogP contribution in [0.3, 0.4) is 0 Å². The highest BCUT2D eigenvalue weighted by Crippen LogP contribution is 2.34. The quantitative estimate of drug-likeness (QED) is 0.158. The van der Waals surface area contributed by atoms with Crippen LogP contribution in [0.2, 0.25) is 5.02 Å². The molecular weight excluding hydrogens is 590 g/mol. The van der Waals surface area contributed by atoms with Crippen LogP contribution < -0.4 is 16.6 Å². The largest absolute Gasteiger partial charge is 0.481 e. The summed E-state index contributed by atoms with van der Waals surface area (Å²) < 4.78 is 58.0. The molecule has 7 nitrogen and oxygen atoms in total. The van der Waals surface area contributed by atoms with E-state index >= 15 is 0 Å². The SMILES string of the molecule is Cc1cccc(-c2cn(Cc3c(F)cccc3C(F)(F)F)c(=O)n(C[C@H](NCCCC(=O)O)c3ccccc3)c2=O)c1Cl. The van der Waals surface area contributed by atoms with Crippen molar-refractivity contribution >= 4 is 17.6 Å². The molecule has 12 heteroatoms. The van der Waals surface area contributed by atoms with Gasteiger partial charge in [0.1, 0.15) is 5.82 Å². The van der Waals surface area contributed by atoms with E-state index in [1.807, 2.05) is 0 Å². The average Bonchev–Trinajstić information content (AvgIpc) is 2.96. The van der Waals surface area contributed by atoms with Crippen LogP contribution >= 0.6 is 11.6 Å². The van der Waals surface area contributed by atoms with E-state index in [0.717, 1.165) is 33.5 Å². The first-order chi connectivity index (χ1) is 20.4. The number of hydrogen-bond donors (Lipinski definition) is 2. The van der Waals surface area contributed by atoms with Gasteiger partial charge in [0, 0.05) is 23.7 Å². The third-order valence-corrected chi connectivity index (χ3v) is 7.50. The van der Waals surface area contributed by atoms with Gasteiger partial charge in [-0.25, -0.2) is 9.18 Å². The van der Waals surface area contributed by atoms with Crippen LogP contribution in [-0.2, 0) is 24.1 Å². The number of alkyl halides is 3. The molecule has 0 radical (unpaired) electrons. The third-order valence-electron chi connectivity index (χ3n) is 7.00. The smallest absolute Gasteiger partial charge is 0.416 e. The van der Waals surface area contributed by atoms with E-state index in [9.17, 15) is 31.9 Å². The standard InChI is InChI=1S/C31H28ClF4N3O4/c1-19-8-5-11-21(28(19)32)22-16-38(17-23-24(31(34,35)36)12-6-13-25(23)33)30(43)39(29(22)42)18-26(20-9-3-2-4-10-20)37-15-7-14-27(40)41/h2-6,8-13,16,26,37H,7,14-15,17-18H2,1H3,(H,40,41)/t26-/m0/s1. The summed E-state index contributed by atoms with van der Waals surface area (Å²) in [5.74, 6) is -2.14. The summed E-state index contributed by atoms with van der Waals surface area (Å²) in [6, 6.07) is 15.6. The fraction of sp³-hybridized carbons (Fsp3) is 0.258. The fourth-order valence-electron chi connectivity index (χ4n) is 4.79. The maximum atomic E-state index is 14.8. The van der Waals surface area contributed by atoms with Crippen LogP contribution in [0.15, 0.2) is 82.5 Å². The number of carboxylic acid groups (broad SMARTS) is 1. The van der Waals surface area contributed by atoms with Gasteiger partial charge in [0.25, 0.3) is 5.56 Å². The summed E-state index contributed by atoms with van der Waals surface area (Å²) in [5, 5.41) is 12.4. The van der Waals surface area contributed by atoms with Gasteiger partial charge in [-0.1, -0.05) is 66.2 Å². The molecule has 43 heavy (non-hydrogen) atoms. The molecule has 1 heterocycles. The van der Waals surface area contributed by atoms with Gasteiger partial charge in [-0.3, -0.25) is 18.7 Å². The zero-order valence-electron chi connectivity index (χ0n) is 23.0. The molecule has 0 amide bonds. The lowest BCUT2D eigenvalue weighted by Gasteiger charge is -2.22. The van der Waals surface area contributed by atoms with Crippen molar-refractivity contribution in [1.29, 1.82) is 0 Å². The second kappa shape index (κ2) is 13.4. The Kier molecular flexibility index (Phi) is 9.87. The van der Waals surface area contributed by atoms with Crippen molar-refractivity contribution in [3.05, 3.63) is 127 Å². The summed E-state index contributed by atoms with van der Waals surface area (Å²) >= 11 is 6.52. The number of nitrogens with one attached hydrogen (secondary N) is 1. The van der Waals surface area contributed by atoms with E-state index in [0.29, 0.717) is 11.1 Å². The maximum absolute atomic E-state index is 14.8. The van der Waals surface area contributed by atoms with Gasteiger partial charge in [-0.05, 0) is 43.1 Å². The van der Waals surface area contributed by atoms with Crippen molar-refractivity contribution in [2.75, 3.05) is 6.54 Å². The van der Waals surface area contributed by atoms with Gasteiger partial charge in [0.15, 0.2) is 0 Å². The van der Waals surface area contributed by atoms with Crippen molar-refractivity contribution in [1.82, 2.24) is 14.5 Å². The average molecular weight is 618 g/mol. The molecule has 0 spiro atoms. The van der Waals surface area contributed by atoms with Crippen molar-refractivity contribution < 1.29 is 27.5 Å². The number of halogens is 5. The van der Waals surface area contributed by atoms with Gasteiger partial charge < -0.3 is 10.4 Å². The molecule has 1 aromatic heterocycles. The Hall–Kier alpha value is -4.22. The lowest BCUT2D eigenvalue weighted by atomic mass is 10.0. The second-order valence-corrected chi connectivity index (χ2v) is 10.4. The van der Waals surface area contributed by atoms with Crippen LogP contribution in [0, 0.1) is 12.7 Å². The Morgan fingerprint density at radius 2 is 1.70 bits per heavy atom. The number of aliphatic carboxylic acids is 1. The summed E-state index contributed by atoms with van der Waals surface area (Å²) in [4.78, 5) is 38.6. The Morgan fingerprint density at radius 1 is 1.00 bits per heavy atom. The highest BCUT2D eigenvalue weighted by molar-refractivity contribution is 6.34. The van der Waals surface area contributed by atoms with Gasteiger partial charge in [0.05, 0.1) is 35.3 Å². The normalized spacial score (nSPS) is 12.3. The van der Waals surface area contributed by atoms with E-state index in [1.54, 1.807) is 55.5 Å².